The first-order valence-corrected chi connectivity index (χ1v) is 19.1. The van der Waals surface area contributed by atoms with Crippen molar-refractivity contribution in [2.75, 3.05) is 6.61 Å². The zero-order chi connectivity index (χ0) is 34.9. The van der Waals surface area contributed by atoms with E-state index < -0.39 is 16.9 Å². The molecule has 0 heterocycles. The summed E-state index contributed by atoms with van der Waals surface area (Å²) >= 11 is 0. The topological polar surface area (TPSA) is 76.0 Å². The summed E-state index contributed by atoms with van der Waals surface area (Å²) in [6, 6.07) is 20.5. The lowest BCUT2D eigenvalue weighted by Crippen LogP contribution is -2.68. The second-order valence-electron chi connectivity index (χ2n) is 18.5. The average Bonchev–Trinajstić information content (AvgIpc) is 3.09. The maximum Gasteiger partial charge on any atom is 0.315 e. The number of fused-ring (bicyclic) bond motifs is 7. The van der Waals surface area contributed by atoms with Gasteiger partial charge in [0.1, 0.15) is 12.0 Å². The Kier molecular flexibility index (Phi) is 8.80. The third-order valence-corrected chi connectivity index (χ3v) is 15.7. The summed E-state index contributed by atoms with van der Waals surface area (Å²) in [5, 5.41) is 21.9. The maximum absolute atomic E-state index is 14.9. The molecule has 4 fully saturated rings. The summed E-state index contributed by atoms with van der Waals surface area (Å²) in [4.78, 5) is 14.9. The summed E-state index contributed by atoms with van der Waals surface area (Å²) in [5.74, 6) is 0.619. The van der Waals surface area contributed by atoms with Gasteiger partial charge in [-0.3, -0.25) is 4.79 Å². The molecule has 2 aromatic rings. The van der Waals surface area contributed by atoms with Crippen LogP contribution < -0.4 is 0 Å². The molecule has 0 amide bonds. The SMILES string of the molecule is CC1(C)CC[C@@]2(C(=O)OCc3ccccc3)C(C1)C1=CCC3[C@@]4(C)CC[C@H](O)[C@@](C)(CO)C4CC[C@@]3(C)[C@]1(C)C[C@H]2OCc1ccccc1. The van der Waals surface area contributed by atoms with Gasteiger partial charge in [-0.05, 0) is 108 Å². The van der Waals surface area contributed by atoms with Gasteiger partial charge >= 0.3 is 5.97 Å². The van der Waals surface area contributed by atoms with E-state index in [1.54, 1.807) is 0 Å². The van der Waals surface area contributed by atoms with Crippen molar-refractivity contribution in [3.63, 3.8) is 0 Å². The van der Waals surface area contributed by atoms with Crippen LogP contribution in [-0.2, 0) is 27.5 Å². The molecular weight excluding hydrogens is 608 g/mol. The largest absolute Gasteiger partial charge is 0.460 e. The molecule has 5 heteroatoms. The zero-order valence-electron chi connectivity index (χ0n) is 30.8. The Hall–Kier alpha value is -2.47. The van der Waals surface area contributed by atoms with E-state index in [0.717, 1.165) is 68.9 Å². The summed E-state index contributed by atoms with van der Waals surface area (Å²) < 4.78 is 13.5. The number of carbonyl (C=O) groups is 1. The van der Waals surface area contributed by atoms with Gasteiger partial charge in [0, 0.05) is 5.41 Å². The van der Waals surface area contributed by atoms with E-state index in [0.29, 0.717) is 12.5 Å². The van der Waals surface area contributed by atoms with E-state index in [1.807, 2.05) is 36.4 Å². The molecule has 5 nitrogen and oxygen atoms in total. The van der Waals surface area contributed by atoms with Crippen LogP contribution in [-0.4, -0.2) is 35.0 Å². The molecule has 0 spiro atoms. The molecule has 7 rings (SSSR count). The van der Waals surface area contributed by atoms with Gasteiger partial charge in [0.15, 0.2) is 0 Å². The highest BCUT2D eigenvalue weighted by atomic mass is 16.5. The van der Waals surface area contributed by atoms with Crippen molar-refractivity contribution < 1.29 is 24.5 Å². The van der Waals surface area contributed by atoms with Gasteiger partial charge in [-0.2, -0.15) is 0 Å². The van der Waals surface area contributed by atoms with Crippen LogP contribution in [0.4, 0.5) is 0 Å². The van der Waals surface area contributed by atoms with Crippen LogP contribution in [0.15, 0.2) is 72.3 Å². The van der Waals surface area contributed by atoms with Gasteiger partial charge in [0.2, 0.25) is 0 Å². The van der Waals surface area contributed by atoms with Crippen LogP contribution >= 0.6 is 0 Å². The van der Waals surface area contributed by atoms with E-state index in [1.165, 1.54) is 5.57 Å². The second kappa shape index (κ2) is 12.3. The Morgan fingerprint density at radius 1 is 0.796 bits per heavy atom. The highest BCUT2D eigenvalue weighted by Gasteiger charge is 2.72. The van der Waals surface area contributed by atoms with Gasteiger partial charge in [0.05, 0.1) is 25.4 Å². The van der Waals surface area contributed by atoms with Crippen molar-refractivity contribution in [3.05, 3.63) is 83.4 Å². The molecule has 5 aliphatic carbocycles. The third kappa shape index (κ3) is 5.30. The van der Waals surface area contributed by atoms with Gasteiger partial charge in [-0.15, -0.1) is 0 Å². The molecule has 266 valence electrons. The van der Waals surface area contributed by atoms with Crippen LogP contribution in [0.1, 0.15) is 110 Å². The number of aliphatic hydroxyl groups is 2. The van der Waals surface area contributed by atoms with Crippen molar-refractivity contribution >= 4 is 5.97 Å². The molecule has 5 aliphatic rings. The Bertz CT molecular complexity index is 1550. The number of benzene rings is 2. The lowest BCUT2D eigenvalue weighted by molar-refractivity contribution is -0.233. The predicted molar refractivity (Wildman–Crippen MR) is 193 cm³/mol. The van der Waals surface area contributed by atoms with Gasteiger partial charge in [0.25, 0.3) is 0 Å². The first kappa shape index (κ1) is 35.0. The van der Waals surface area contributed by atoms with Crippen molar-refractivity contribution in [1.82, 2.24) is 0 Å². The van der Waals surface area contributed by atoms with E-state index in [4.69, 9.17) is 9.47 Å². The van der Waals surface area contributed by atoms with Crippen LogP contribution in [0.2, 0.25) is 0 Å². The zero-order valence-corrected chi connectivity index (χ0v) is 30.8. The number of rotatable bonds is 7. The Morgan fingerprint density at radius 3 is 2.10 bits per heavy atom. The maximum atomic E-state index is 14.9. The molecule has 2 aromatic carbocycles. The first-order valence-electron chi connectivity index (χ1n) is 19.1. The number of hydrogen-bond acceptors (Lipinski definition) is 5. The molecule has 49 heavy (non-hydrogen) atoms. The molecule has 0 aliphatic heterocycles. The number of hydrogen-bond donors (Lipinski definition) is 2. The van der Waals surface area contributed by atoms with Crippen molar-refractivity contribution in [1.29, 1.82) is 0 Å². The van der Waals surface area contributed by atoms with E-state index in [2.05, 4.69) is 71.9 Å². The third-order valence-electron chi connectivity index (χ3n) is 15.7. The average molecular weight is 669 g/mol. The van der Waals surface area contributed by atoms with E-state index >= 15 is 0 Å². The standard InChI is InChI=1S/C44H60O5/c1-39(2)23-24-44(38(47)49-28-31-15-11-8-12-16-31)33(25-39)32-17-18-35-40(3)21-20-36(46)41(4,29-45)34(40)19-22-42(35,5)43(32,6)26-37(44)48-27-30-13-9-7-10-14-30/h7-17,33-37,45-46H,18-29H2,1-6H3/t33?,34?,35?,36-,37+,40-,41-,42+,43+,44+/m0/s1. The summed E-state index contributed by atoms with van der Waals surface area (Å²) in [6.45, 7) is 15.2. The molecule has 2 N–H and O–H groups in total. The Labute approximate surface area is 294 Å². The predicted octanol–water partition coefficient (Wildman–Crippen LogP) is 9.06. The molecule has 0 bridgehead atoms. The number of carbonyl (C=O) groups excluding carboxylic acids is 1. The van der Waals surface area contributed by atoms with Gasteiger partial charge < -0.3 is 19.7 Å². The summed E-state index contributed by atoms with van der Waals surface area (Å²) in [7, 11) is 0. The molecule has 0 aromatic heterocycles. The molecule has 0 radical (unpaired) electrons. The first-order chi connectivity index (χ1) is 23.2. The molecule has 0 saturated heterocycles. The van der Waals surface area contributed by atoms with Crippen LogP contribution in [0.5, 0.6) is 0 Å². The van der Waals surface area contributed by atoms with Gasteiger partial charge in [-0.25, -0.2) is 0 Å². The fourth-order valence-corrected chi connectivity index (χ4v) is 12.5. The van der Waals surface area contributed by atoms with Crippen molar-refractivity contribution in [2.45, 2.75) is 125 Å². The minimum atomic E-state index is -0.751. The lowest BCUT2D eigenvalue weighted by atomic mass is 9.33. The van der Waals surface area contributed by atoms with Crippen molar-refractivity contribution in [3.8, 4) is 0 Å². The monoisotopic (exact) mass is 668 g/mol. The summed E-state index contributed by atoms with van der Waals surface area (Å²) in [5.41, 5.74) is 2.28. The number of ether oxygens (including phenoxy) is 2. The van der Waals surface area contributed by atoms with Crippen LogP contribution in [0, 0.1) is 50.2 Å². The number of allylic oxidation sites excluding steroid dienone is 2. The fraction of sp³-hybridized carbons (Fsp3) is 0.659. The highest BCUT2D eigenvalue weighted by Crippen LogP contribution is 2.76. The fourth-order valence-electron chi connectivity index (χ4n) is 12.5. The molecule has 10 atom stereocenters. The minimum Gasteiger partial charge on any atom is -0.460 e. The van der Waals surface area contributed by atoms with Gasteiger partial charge in [-0.1, -0.05) is 114 Å². The number of aliphatic hydroxyl groups excluding tert-OH is 2. The quantitative estimate of drug-likeness (QED) is 0.228. The second-order valence-corrected chi connectivity index (χ2v) is 18.5. The van der Waals surface area contributed by atoms with E-state index in [-0.39, 0.29) is 58.8 Å². The minimum absolute atomic E-state index is 0.00410. The summed E-state index contributed by atoms with van der Waals surface area (Å²) in [6.07, 6.45) is 10.0. The van der Waals surface area contributed by atoms with E-state index in [9.17, 15) is 15.0 Å². The van der Waals surface area contributed by atoms with Crippen molar-refractivity contribution in [2.24, 2.45) is 50.2 Å². The normalized spacial score (nSPS) is 42.4. The van der Waals surface area contributed by atoms with Crippen LogP contribution in [0.25, 0.3) is 0 Å². The molecular formula is C44H60O5. The Morgan fingerprint density at radius 2 is 1.45 bits per heavy atom. The Balaban J connectivity index is 1.32. The van der Waals surface area contributed by atoms with Crippen LogP contribution in [0.3, 0.4) is 0 Å². The molecule has 3 unspecified atom stereocenters. The molecule has 4 saturated carbocycles. The lowest BCUT2D eigenvalue weighted by Gasteiger charge is -2.72. The number of esters is 1. The smallest absolute Gasteiger partial charge is 0.315 e. The highest BCUT2D eigenvalue weighted by molar-refractivity contribution is 5.80.